The molecule has 17 heavy (non-hydrogen) atoms. The number of anilines is 1. The Balaban J connectivity index is 2.57. The number of carbonyl (C=O) groups excluding carboxylic acids is 1. The van der Waals surface area contributed by atoms with E-state index in [4.69, 9.17) is 0 Å². The van der Waals surface area contributed by atoms with Crippen molar-refractivity contribution in [3.8, 4) is 0 Å². The predicted molar refractivity (Wildman–Crippen MR) is 72.0 cm³/mol. The van der Waals surface area contributed by atoms with Crippen LogP contribution in [0.4, 0.5) is 5.69 Å². The third-order valence-corrected chi connectivity index (χ3v) is 2.67. The van der Waals surface area contributed by atoms with Crippen molar-refractivity contribution in [2.24, 2.45) is 0 Å². The fraction of sp³-hybridized carbons (Fsp3) is 0.500. The van der Waals surface area contributed by atoms with E-state index in [1.54, 1.807) is 0 Å². The Hall–Kier alpha value is -1.35. The average Bonchev–Trinajstić information content (AvgIpc) is 2.30. The maximum atomic E-state index is 10.9. The van der Waals surface area contributed by atoms with Crippen molar-refractivity contribution in [1.82, 2.24) is 4.90 Å². The second-order valence-electron chi connectivity index (χ2n) is 4.25. The molecule has 3 nitrogen and oxygen atoms in total. The molecule has 0 bridgehead atoms. The van der Waals surface area contributed by atoms with Crippen molar-refractivity contribution in [1.29, 1.82) is 0 Å². The zero-order valence-electron chi connectivity index (χ0n) is 11.0. The standard InChI is InChI=1S/C14H22N2O/c1-4-10-16(5-2)11-13-6-8-14(9-7-13)15-12(3)17/h6-9H,4-5,10-11H2,1-3H3,(H,15,17). The molecule has 1 N–H and O–H groups in total. The molecule has 0 fully saturated rings. The lowest BCUT2D eigenvalue weighted by atomic mass is 10.2. The van der Waals surface area contributed by atoms with E-state index in [-0.39, 0.29) is 5.91 Å². The van der Waals surface area contributed by atoms with E-state index in [1.807, 2.05) is 12.1 Å². The molecule has 0 aliphatic carbocycles. The molecule has 0 radical (unpaired) electrons. The Morgan fingerprint density at radius 1 is 1.24 bits per heavy atom. The van der Waals surface area contributed by atoms with Crippen LogP contribution in [-0.2, 0) is 11.3 Å². The lowest BCUT2D eigenvalue weighted by Crippen LogP contribution is -2.23. The van der Waals surface area contributed by atoms with Crippen molar-refractivity contribution >= 4 is 11.6 Å². The first-order valence-electron chi connectivity index (χ1n) is 6.24. The Labute approximate surface area is 104 Å². The van der Waals surface area contributed by atoms with E-state index in [0.717, 1.165) is 25.3 Å². The summed E-state index contributed by atoms with van der Waals surface area (Å²) in [4.78, 5) is 13.3. The molecular weight excluding hydrogens is 212 g/mol. The summed E-state index contributed by atoms with van der Waals surface area (Å²) in [5.41, 5.74) is 2.15. The molecule has 0 aromatic heterocycles. The summed E-state index contributed by atoms with van der Waals surface area (Å²) in [5, 5.41) is 2.77. The molecular formula is C14H22N2O. The number of nitrogens with zero attached hydrogens (tertiary/aromatic N) is 1. The molecule has 0 atom stereocenters. The van der Waals surface area contributed by atoms with Gasteiger partial charge in [0.2, 0.25) is 5.91 Å². The number of hydrogen-bond donors (Lipinski definition) is 1. The second kappa shape index (κ2) is 7.07. The second-order valence-corrected chi connectivity index (χ2v) is 4.25. The van der Waals surface area contributed by atoms with Gasteiger partial charge in [-0.05, 0) is 37.2 Å². The number of benzene rings is 1. The molecule has 0 unspecified atom stereocenters. The van der Waals surface area contributed by atoms with Crippen molar-refractivity contribution in [2.75, 3.05) is 18.4 Å². The van der Waals surface area contributed by atoms with E-state index in [2.05, 4.69) is 36.2 Å². The van der Waals surface area contributed by atoms with Gasteiger partial charge in [0, 0.05) is 19.2 Å². The smallest absolute Gasteiger partial charge is 0.221 e. The van der Waals surface area contributed by atoms with E-state index in [9.17, 15) is 4.79 Å². The van der Waals surface area contributed by atoms with Gasteiger partial charge >= 0.3 is 0 Å². The van der Waals surface area contributed by atoms with Gasteiger partial charge in [-0.25, -0.2) is 0 Å². The van der Waals surface area contributed by atoms with Crippen molar-refractivity contribution in [2.45, 2.75) is 33.7 Å². The van der Waals surface area contributed by atoms with Crippen molar-refractivity contribution in [3.05, 3.63) is 29.8 Å². The van der Waals surface area contributed by atoms with Crippen LogP contribution in [0.1, 0.15) is 32.8 Å². The lowest BCUT2D eigenvalue weighted by molar-refractivity contribution is -0.114. The summed E-state index contributed by atoms with van der Waals surface area (Å²) in [6.45, 7) is 9.08. The molecule has 1 aromatic carbocycles. The van der Waals surface area contributed by atoms with Crippen LogP contribution in [0.3, 0.4) is 0 Å². The molecule has 0 saturated heterocycles. The highest BCUT2D eigenvalue weighted by atomic mass is 16.1. The molecule has 1 rings (SSSR count). The van der Waals surface area contributed by atoms with Crippen LogP contribution in [0, 0.1) is 0 Å². The quantitative estimate of drug-likeness (QED) is 0.821. The third kappa shape index (κ3) is 5.00. The number of carbonyl (C=O) groups is 1. The Kier molecular flexibility index (Phi) is 5.70. The Morgan fingerprint density at radius 3 is 2.35 bits per heavy atom. The monoisotopic (exact) mass is 234 g/mol. The molecule has 0 spiro atoms. The van der Waals surface area contributed by atoms with Crippen LogP contribution >= 0.6 is 0 Å². The van der Waals surface area contributed by atoms with Gasteiger partial charge in [-0.2, -0.15) is 0 Å². The average molecular weight is 234 g/mol. The van der Waals surface area contributed by atoms with Gasteiger partial charge in [0.15, 0.2) is 0 Å². The van der Waals surface area contributed by atoms with Crippen LogP contribution in [0.5, 0.6) is 0 Å². The third-order valence-electron chi connectivity index (χ3n) is 2.67. The minimum Gasteiger partial charge on any atom is -0.326 e. The number of amides is 1. The first-order valence-corrected chi connectivity index (χ1v) is 6.24. The molecule has 1 aromatic rings. The highest BCUT2D eigenvalue weighted by Gasteiger charge is 2.02. The fourth-order valence-electron chi connectivity index (χ4n) is 1.82. The predicted octanol–water partition coefficient (Wildman–Crippen LogP) is 2.88. The number of nitrogens with one attached hydrogen (secondary N) is 1. The number of rotatable bonds is 6. The van der Waals surface area contributed by atoms with Gasteiger partial charge in [-0.1, -0.05) is 26.0 Å². The summed E-state index contributed by atoms with van der Waals surface area (Å²) in [7, 11) is 0. The lowest BCUT2D eigenvalue weighted by Gasteiger charge is -2.19. The fourth-order valence-corrected chi connectivity index (χ4v) is 1.82. The molecule has 94 valence electrons. The van der Waals surface area contributed by atoms with E-state index in [0.29, 0.717) is 0 Å². The van der Waals surface area contributed by atoms with Gasteiger partial charge in [-0.3, -0.25) is 9.69 Å². The normalized spacial score (nSPS) is 10.6. The van der Waals surface area contributed by atoms with Crippen LogP contribution in [0.2, 0.25) is 0 Å². The minimum atomic E-state index is -0.0288. The van der Waals surface area contributed by atoms with Crippen molar-refractivity contribution in [3.63, 3.8) is 0 Å². The van der Waals surface area contributed by atoms with Gasteiger partial charge < -0.3 is 5.32 Å². The molecule has 3 heteroatoms. The van der Waals surface area contributed by atoms with Gasteiger partial charge in [0.05, 0.1) is 0 Å². The summed E-state index contributed by atoms with van der Waals surface area (Å²) in [6.07, 6.45) is 1.18. The van der Waals surface area contributed by atoms with E-state index in [1.165, 1.54) is 18.9 Å². The Bertz CT molecular complexity index is 346. The molecule has 1 amide bonds. The molecule has 0 aliphatic rings. The van der Waals surface area contributed by atoms with E-state index < -0.39 is 0 Å². The summed E-state index contributed by atoms with van der Waals surface area (Å²) >= 11 is 0. The first-order chi connectivity index (χ1) is 8.15. The van der Waals surface area contributed by atoms with Crippen molar-refractivity contribution < 1.29 is 4.79 Å². The maximum Gasteiger partial charge on any atom is 0.221 e. The van der Waals surface area contributed by atoms with Crippen LogP contribution in [0.15, 0.2) is 24.3 Å². The van der Waals surface area contributed by atoms with Gasteiger partial charge in [0.1, 0.15) is 0 Å². The van der Waals surface area contributed by atoms with Gasteiger partial charge in [-0.15, -0.1) is 0 Å². The summed E-state index contributed by atoms with van der Waals surface area (Å²) in [5.74, 6) is -0.0288. The molecule has 0 aliphatic heterocycles. The van der Waals surface area contributed by atoms with Gasteiger partial charge in [0.25, 0.3) is 0 Å². The first kappa shape index (κ1) is 13.7. The zero-order chi connectivity index (χ0) is 12.7. The highest BCUT2D eigenvalue weighted by molar-refractivity contribution is 5.88. The maximum absolute atomic E-state index is 10.9. The molecule has 0 saturated carbocycles. The van der Waals surface area contributed by atoms with Crippen LogP contribution in [0.25, 0.3) is 0 Å². The minimum absolute atomic E-state index is 0.0288. The van der Waals surface area contributed by atoms with Crippen LogP contribution in [-0.4, -0.2) is 23.9 Å². The number of hydrogen-bond acceptors (Lipinski definition) is 2. The Morgan fingerprint density at radius 2 is 1.88 bits per heavy atom. The largest absolute Gasteiger partial charge is 0.326 e. The topological polar surface area (TPSA) is 32.3 Å². The highest BCUT2D eigenvalue weighted by Crippen LogP contribution is 2.11. The zero-order valence-corrected chi connectivity index (χ0v) is 11.0. The summed E-state index contributed by atoms with van der Waals surface area (Å²) in [6, 6.07) is 8.06. The SMILES string of the molecule is CCCN(CC)Cc1ccc(NC(C)=O)cc1. The molecule has 0 heterocycles. The van der Waals surface area contributed by atoms with E-state index >= 15 is 0 Å². The summed E-state index contributed by atoms with van der Waals surface area (Å²) < 4.78 is 0. The van der Waals surface area contributed by atoms with Crippen LogP contribution < -0.4 is 5.32 Å².